The van der Waals surface area contributed by atoms with E-state index in [0.29, 0.717) is 0 Å². The SMILES string of the molecule is CC(Nc1cccc(I)c1)c1ccc(O)cc1O. The van der Waals surface area contributed by atoms with E-state index >= 15 is 0 Å². The Morgan fingerprint density at radius 1 is 1.11 bits per heavy atom. The van der Waals surface area contributed by atoms with Crippen LogP contribution in [0.15, 0.2) is 42.5 Å². The van der Waals surface area contributed by atoms with Gasteiger partial charge in [-0.25, -0.2) is 0 Å². The normalized spacial score (nSPS) is 12.1. The topological polar surface area (TPSA) is 52.5 Å². The highest BCUT2D eigenvalue weighted by Gasteiger charge is 2.10. The van der Waals surface area contributed by atoms with Crippen LogP contribution in [-0.2, 0) is 0 Å². The van der Waals surface area contributed by atoms with Crippen LogP contribution in [0.5, 0.6) is 11.5 Å². The van der Waals surface area contributed by atoms with E-state index in [1.54, 1.807) is 12.1 Å². The van der Waals surface area contributed by atoms with E-state index in [-0.39, 0.29) is 17.5 Å². The van der Waals surface area contributed by atoms with Gasteiger partial charge in [-0.3, -0.25) is 0 Å². The van der Waals surface area contributed by atoms with Gasteiger partial charge in [0, 0.05) is 20.9 Å². The van der Waals surface area contributed by atoms with Gasteiger partial charge in [0.2, 0.25) is 0 Å². The molecule has 1 unspecified atom stereocenters. The third kappa shape index (κ3) is 3.07. The van der Waals surface area contributed by atoms with Gasteiger partial charge in [0.1, 0.15) is 11.5 Å². The van der Waals surface area contributed by atoms with E-state index < -0.39 is 0 Å². The molecule has 2 rings (SSSR count). The van der Waals surface area contributed by atoms with E-state index in [1.807, 2.05) is 31.2 Å². The number of hydrogen-bond acceptors (Lipinski definition) is 3. The lowest BCUT2D eigenvalue weighted by molar-refractivity contribution is 0.444. The maximum absolute atomic E-state index is 9.79. The molecule has 0 amide bonds. The number of phenolic OH excluding ortho intramolecular Hbond substituents is 2. The van der Waals surface area contributed by atoms with Gasteiger partial charge in [-0.1, -0.05) is 6.07 Å². The molecule has 0 saturated carbocycles. The number of anilines is 1. The molecule has 0 fully saturated rings. The number of aromatic hydroxyl groups is 2. The molecular formula is C14H14INO2. The Balaban J connectivity index is 2.19. The molecule has 2 aromatic carbocycles. The van der Waals surface area contributed by atoms with Crippen LogP contribution in [0, 0.1) is 3.57 Å². The van der Waals surface area contributed by atoms with Crippen molar-refractivity contribution in [2.75, 3.05) is 5.32 Å². The molecule has 1 atom stereocenters. The number of halogens is 1. The van der Waals surface area contributed by atoms with Crippen molar-refractivity contribution in [2.24, 2.45) is 0 Å². The summed E-state index contributed by atoms with van der Waals surface area (Å²) in [5.41, 5.74) is 1.76. The Kier molecular flexibility index (Phi) is 3.96. The maximum atomic E-state index is 9.79. The van der Waals surface area contributed by atoms with Gasteiger partial charge in [-0.15, -0.1) is 0 Å². The van der Waals surface area contributed by atoms with Crippen molar-refractivity contribution < 1.29 is 10.2 Å². The number of nitrogens with one attached hydrogen (secondary N) is 1. The summed E-state index contributed by atoms with van der Waals surface area (Å²) in [5, 5.41) is 22.4. The summed E-state index contributed by atoms with van der Waals surface area (Å²) >= 11 is 2.26. The minimum atomic E-state index is -0.0381. The molecule has 0 radical (unpaired) electrons. The Bertz CT molecular complexity index is 557. The van der Waals surface area contributed by atoms with Crippen LogP contribution in [-0.4, -0.2) is 10.2 Å². The first-order chi connectivity index (χ1) is 8.56. The number of rotatable bonds is 3. The van der Waals surface area contributed by atoms with Crippen molar-refractivity contribution in [2.45, 2.75) is 13.0 Å². The quantitative estimate of drug-likeness (QED) is 0.733. The van der Waals surface area contributed by atoms with Gasteiger partial charge < -0.3 is 15.5 Å². The highest BCUT2D eigenvalue weighted by molar-refractivity contribution is 14.1. The molecule has 2 aromatic rings. The van der Waals surface area contributed by atoms with E-state index in [1.165, 1.54) is 6.07 Å². The van der Waals surface area contributed by atoms with Crippen LogP contribution in [0.3, 0.4) is 0 Å². The van der Waals surface area contributed by atoms with Crippen molar-refractivity contribution in [3.8, 4) is 11.5 Å². The molecule has 4 heteroatoms. The lowest BCUT2D eigenvalue weighted by Crippen LogP contribution is -2.06. The minimum absolute atomic E-state index is 0.0381. The molecule has 0 aliphatic rings. The average Bonchev–Trinajstić information content (AvgIpc) is 2.28. The zero-order valence-corrected chi connectivity index (χ0v) is 12.0. The third-order valence-corrected chi connectivity index (χ3v) is 3.36. The fraction of sp³-hybridized carbons (Fsp3) is 0.143. The third-order valence-electron chi connectivity index (χ3n) is 2.69. The molecule has 0 aliphatic heterocycles. The van der Waals surface area contributed by atoms with Crippen LogP contribution in [0.4, 0.5) is 5.69 Å². The van der Waals surface area contributed by atoms with E-state index in [2.05, 4.69) is 27.9 Å². The molecule has 3 N–H and O–H groups in total. The summed E-state index contributed by atoms with van der Waals surface area (Å²) in [7, 11) is 0. The molecule has 0 aliphatic carbocycles. The van der Waals surface area contributed by atoms with Crippen LogP contribution < -0.4 is 5.32 Å². The molecular weight excluding hydrogens is 341 g/mol. The number of benzene rings is 2. The molecule has 0 bridgehead atoms. The van der Waals surface area contributed by atoms with Gasteiger partial charge in [-0.2, -0.15) is 0 Å². The van der Waals surface area contributed by atoms with Gasteiger partial charge in [0.15, 0.2) is 0 Å². The second kappa shape index (κ2) is 5.48. The Morgan fingerprint density at radius 3 is 2.56 bits per heavy atom. The first kappa shape index (κ1) is 13.0. The molecule has 0 spiro atoms. The van der Waals surface area contributed by atoms with Crippen molar-refractivity contribution in [3.63, 3.8) is 0 Å². The largest absolute Gasteiger partial charge is 0.508 e. The molecule has 0 heterocycles. The highest BCUT2D eigenvalue weighted by atomic mass is 127. The fourth-order valence-electron chi connectivity index (χ4n) is 1.80. The molecule has 3 nitrogen and oxygen atoms in total. The second-order valence-electron chi connectivity index (χ2n) is 4.12. The summed E-state index contributed by atoms with van der Waals surface area (Å²) in [4.78, 5) is 0. The van der Waals surface area contributed by atoms with E-state index in [0.717, 1.165) is 14.8 Å². The molecule has 0 aromatic heterocycles. The average molecular weight is 355 g/mol. The smallest absolute Gasteiger partial charge is 0.124 e. The highest BCUT2D eigenvalue weighted by Crippen LogP contribution is 2.30. The molecule has 94 valence electrons. The van der Waals surface area contributed by atoms with Gasteiger partial charge in [0.05, 0.1) is 6.04 Å². The maximum Gasteiger partial charge on any atom is 0.124 e. The Labute approximate surface area is 120 Å². The molecule has 0 saturated heterocycles. The van der Waals surface area contributed by atoms with E-state index in [4.69, 9.17) is 0 Å². The first-order valence-corrected chi connectivity index (χ1v) is 6.68. The van der Waals surface area contributed by atoms with Crippen molar-refractivity contribution in [1.82, 2.24) is 0 Å². The Hall–Kier alpha value is -1.43. The lowest BCUT2D eigenvalue weighted by Gasteiger charge is -2.17. The van der Waals surface area contributed by atoms with Gasteiger partial charge >= 0.3 is 0 Å². The first-order valence-electron chi connectivity index (χ1n) is 5.60. The van der Waals surface area contributed by atoms with E-state index in [9.17, 15) is 10.2 Å². The summed E-state index contributed by atoms with van der Waals surface area (Å²) in [6.07, 6.45) is 0. The van der Waals surface area contributed by atoms with Crippen molar-refractivity contribution >= 4 is 28.3 Å². The summed E-state index contributed by atoms with van der Waals surface area (Å²) in [6, 6.07) is 12.6. The Morgan fingerprint density at radius 2 is 1.89 bits per heavy atom. The number of hydrogen-bond donors (Lipinski definition) is 3. The van der Waals surface area contributed by atoms with Crippen LogP contribution in [0.25, 0.3) is 0 Å². The predicted molar refractivity (Wildman–Crippen MR) is 81.0 cm³/mol. The second-order valence-corrected chi connectivity index (χ2v) is 5.37. The van der Waals surface area contributed by atoms with Crippen LogP contribution in [0.1, 0.15) is 18.5 Å². The van der Waals surface area contributed by atoms with Crippen molar-refractivity contribution in [3.05, 3.63) is 51.6 Å². The summed E-state index contributed by atoms with van der Waals surface area (Å²) < 4.78 is 1.15. The predicted octanol–water partition coefficient (Wildman–Crippen LogP) is 3.88. The standard InChI is InChI=1S/C14H14INO2/c1-9(13-6-5-12(17)8-14(13)18)16-11-4-2-3-10(15)7-11/h2-9,16-18H,1H3. The lowest BCUT2D eigenvalue weighted by atomic mass is 10.1. The van der Waals surface area contributed by atoms with Crippen LogP contribution in [0.2, 0.25) is 0 Å². The zero-order valence-electron chi connectivity index (χ0n) is 9.89. The van der Waals surface area contributed by atoms with Gasteiger partial charge in [-0.05, 0) is 59.8 Å². The monoisotopic (exact) mass is 355 g/mol. The number of phenols is 2. The fourth-order valence-corrected chi connectivity index (χ4v) is 2.35. The zero-order chi connectivity index (χ0) is 13.1. The summed E-state index contributed by atoms with van der Waals surface area (Å²) in [5.74, 6) is 0.165. The van der Waals surface area contributed by atoms with Crippen LogP contribution >= 0.6 is 22.6 Å². The van der Waals surface area contributed by atoms with Gasteiger partial charge in [0.25, 0.3) is 0 Å². The van der Waals surface area contributed by atoms with Crippen molar-refractivity contribution in [1.29, 1.82) is 0 Å². The minimum Gasteiger partial charge on any atom is -0.508 e. The summed E-state index contributed by atoms with van der Waals surface area (Å²) in [6.45, 7) is 1.96. The molecule has 18 heavy (non-hydrogen) atoms.